The Morgan fingerprint density at radius 3 is 2.65 bits per heavy atom. The molecule has 0 unspecified atom stereocenters. The van der Waals surface area contributed by atoms with Crippen molar-refractivity contribution in [1.82, 2.24) is 10.6 Å². The van der Waals surface area contributed by atoms with Crippen molar-refractivity contribution in [3.63, 3.8) is 0 Å². The van der Waals surface area contributed by atoms with Crippen LogP contribution in [0.25, 0.3) is 0 Å². The van der Waals surface area contributed by atoms with Gasteiger partial charge in [-0.15, -0.1) is 11.8 Å². The lowest BCUT2D eigenvalue weighted by molar-refractivity contribution is -0.124. The van der Waals surface area contributed by atoms with Crippen molar-refractivity contribution in [1.29, 1.82) is 0 Å². The standard InChI is InChI=1S/C15H14F2N2O3S/c16-10-3-4-13(12(17)6-10)23-9-15(21)19-8-14(20)18-7-11-2-1-5-22-11/h1-6H,7-9H2,(H,18,20)(H,19,21). The molecule has 2 rings (SSSR count). The van der Waals surface area contributed by atoms with Crippen molar-refractivity contribution in [3.8, 4) is 0 Å². The van der Waals surface area contributed by atoms with Crippen LogP contribution in [0.5, 0.6) is 0 Å². The number of rotatable bonds is 7. The number of benzene rings is 1. The molecule has 0 saturated carbocycles. The summed E-state index contributed by atoms with van der Waals surface area (Å²) in [5.41, 5.74) is 0. The van der Waals surface area contributed by atoms with E-state index in [-0.39, 0.29) is 29.6 Å². The number of carbonyl (C=O) groups excluding carboxylic acids is 2. The first-order valence-electron chi connectivity index (χ1n) is 6.68. The number of carbonyl (C=O) groups is 2. The molecule has 0 radical (unpaired) electrons. The van der Waals surface area contributed by atoms with Crippen molar-refractivity contribution in [2.45, 2.75) is 11.4 Å². The van der Waals surface area contributed by atoms with E-state index in [1.54, 1.807) is 12.1 Å². The Bertz CT molecular complexity index is 677. The monoisotopic (exact) mass is 340 g/mol. The largest absolute Gasteiger partial charge is 0.467 e. The summed E-state index contributed by atoms with van der Waals surface area (Å²) in [6, 6.07) is 6.55. The zero-order chi connectivity index (χ0) is 16.7. The van der Waals surface area contributed by atoms with Gasteiger partial charge < -0.3 is 15.1 Å². The highest BCUT2D eigenvalue weighted by Crippen LogP contribution is 2.21. The van der Waals surface area contributed by atoms with Gasteiger partial charge in [0.25, 0.3) is 0 Å². The van der Waals surface area contributed by atoms with Gasteiger partial charge in [0.15, 0.2) is 0 Å². The molecule has 0 atom stereocenters. The highest BCUT2D eigenvalue weighted by molar-refractivity contribution is 8.00. The molecule has 0 aliphatic heterocycles. The topological polar surface area (TPSA) is 71.3 Å². The van der Waals surface area contributed by atoms with Gasteiger partial charge in [0.05, 0.1) is 25.1 Å². The van der Waals surface area contributed by atoms with E-state index >= 15 is 0 Å². The molecule has 23 heavy (non-hydrogen) atoms. The molecule has 1 aromatic carbocycles. The average molecular weight is 340 g/mol. The molecule has 0 bridgehead atoms. The summed E-state index contributed by atoms with van der Waals surface area (Å²) >= 11 is 0.926. The van der Waals surface area contributed by atoms with Gasteiger partial charge in [-0.1, -0.05) is 0 Å². The molecule has 1 aromatic heterocycles. The molecule has 0 fully saturated rings. The van der Waals surface area contributed by atoms with Crippen molar-refractivity contribution in [3.05, 3.63) is 54.0 Å². The van der Waals surface area contributed by atoms with Gasteiger partial charge >= 0.3 is 0 Å². The van der Waals surface area contributed by atoms with Crippen LogP contribution in [0.15, 0.2) is 45.9 Å². The molecule has 1 heterocycles. The van der Waals surface area contributed by atoms with Crippen LogP contribution in [0.3, 0.4) is 0 Å². The lowest BCUT2D eigenvalue weighted by Gasteiger charge is -2.06. The minimum atomic E-state index is -0.723. The number of hydrogen-bond donors (Lipinski definition) is 2. The fourth-order valence-corrected chi connectivity index (χ4v) is 2.38. The first-order chi connectivity index (χ1) is 11.0. The molecular formula is C15H14F2N2O3S. The second-order valence-corrected chi connectivity index (χ2v) is 5.51. The molecule has 5 nitrogen and oxygen atoms in total. The molecule has 2 N–H and O–H groups in total. The van der Waals surface area contributed by atoms with E-state index in [9.17, 15) is 18.4 Å². The van der Waals surface area contributed by atoms with E-state index in [0.29, 0.717) is 5.76 Å². The molecule has 8 heteroatoms. The van der Waals surface area contributed by atoms with Gasteiger partial charge in [0.1, 0.15) is 17.4 Å². The third-order valence-corrected chi connectivity index (χ3v) is 3.79. The van der Waals surface area contributed by atoms with Gasteiger partial charge in [0, 0.05) is 11.0 Å². The van der Waals surface area contributed by atoms with Crippen LogP contribution in [0.4, 0.5) is 8.78 Å². The van der Waals surface area contributed by atoms with Gasteiger partial charge in [-0.05, 0) is 24.3 Å². The molecule has 2 amide bonds. The Morgan fingerprint density at radius 1 is 1.13 bits per heavy atom. The van der Waals surface area contributed by atoms with Crippen molar-refractivity contribution >= 4 is 23.6 Å². The van der Waals surface area contributed by atoms with E-state index in [0.717, 1.165) is 23.9 Å². The zero-order valence-electron chi connectivity index (χ0n) is 12.0. The quantitative estimate of drug-likeness (QED) is 0.757. The number of furan rings is 1. The third-order valence-electron chi connectivity index (χ3n) is 2.74. The van der Waals surface area contributed by atoms with Gasteiger partial charge in [0.2, 0.25) is 11.8 Å². The van der Waals surface area contributed by atoms with Crippen molar-refractivity contribution in [2.24, 2.45) is 0 Å². The third kappa shape index (κ3) is 5.74. The van der Waals surface area contributed by atoms with E-state index in [2.05, 4.69) is 10.6 Å². The van der Waals surface area contributed by atoms with Crippen LogP contribution >= 0.6 is 11.8 Å². The zero-order valence-corrected chi connectivity index (χ0v) is 12.8. The van der Waals surface area contributed by atoms with Crippen LogP contribution in [-0.2, 0) is 16.1 Å². The average Bonchev–Trinajstić information content (AvgIpc) is 3.03. The van der Waals surface area contributed by atoms with E-state index in [1.807, 2.05) is 0 Å². The van der Waals surface area contributed by atoms with Crippen molar-refractivity contribution < 1.29 is 22.8 Å². The summed E-state index contributed by atoms with van der Waals surface area (Å²) in [4.78, 5) is 23.3. The van der Waals surface area contributed by atoms with Crippen LogP contribution < -0.4 is 10.6 Å². The number of thioether (sulfide) groups is 1. The predicted octanol–water partition coefficient (Wildman–Crippen LogP) is 2.08. The van der Waals surface area contributed by atoms with Crippen LogP contribution in [0.1, 0.15) is 5.76 Å². The Kier molecular flexibility index (Phi) is 6.16. The minimum absolute atomic E-state index is 0.0754. The lowest BCUT2D eigenvalue weighted by atomic mass is 10.3. The van der Waals surface area contributed by atoms with Crippen molar-refractivity contribution in [2.75, 3.05) is 12.3 Å². The maximum atomic E-state index is 13.4. The second-order valence-electron chi connectivity index (χ2n) is 4.50. The SMILES string of the molecule is O=C(CNC(=O)CSc1ccc(F)cc1F)NCc1ccco1. The second kappa shape index (κ2) is 8.33. The summed E-state index contributed by atoms with van der Waals surface area (Å²) < 4.78 is 31.2. The summed E-state index contributed by atoms with van der Waals surface area (Å²) in [6.45, 7) is 0.0449. The van der Waals surface area contributed by atoms with E-state index in [1.165, 1.54) is 12.3 Å². The lowest BCUT2D eigenvalue weighted by Crippen LogP contribution is -2.37. The summed E-state index contributed by atoms with van der Waals surface area (Å²) in [7, 11) is 0. The van der Waals surface area contributed by atoms with Gasteiger partial charge in [-0.25, -0.2) is 8.78 Å². The summed E-state index contributed by atoms with van der Waals surface area (Å²) in [5, 5.41) is 4.99. The Balaban J connectivity index is 1.67. The maximum absolute atomic E-state index is 13.4. The summed E-state index contributed by atoms with van der Waals surface area (Å²) in [6.07, 6.45) is 1.50. The summed E-state index contributed by atoms with van der Waals surface area (Å²) in [5.74, 6) is -1.66. The first kappa shape index (κ1) is 17.0. The number of nitrogens with one attached hydrogen (secondary N) is 2. The number of halogens is 2. The van der Waals surface area contributed by atoms with Gasteiger partial charge in [-0.3, -0.25) is 9.59 Å². The van der Waals surface area contributed by atoms with Crippen LogP contribution in [-0.4, -0.2) is 24.1 Å². The van der Waals surface area contributed by atoms with Crippen LogP contribution in [0, 0.1) is 11.6 Å². The fourth-order valence-electron chi connectivity index (χ4n) is 1.63. The normalized spacial score (nSPS) is 10.3. The highest BCUT2D eigenvalue weighted by Gasteiger charge is 2.09. The maximum Gasteiger partial charge on any atom is 0.239 e. The van der Waals surface area contributed by atoms with Gasteiger partial charge in [-0.2, -0.15) is 0 Å². The number of amides is 2. The van der Waals surface area contributed by atoms with E-state index < -0.39 is 17.5 Å². The Morgan fingerprint density at radius 2 is 1.96 bits per heavy atom. The first-order valence-corrected chi connectivity index (χ1v) is 7.67. The smallest absolute Gasteiger partial charge is 0.239 e. The number of hydrogen-bond acceptors (Lipinski definition) is 4. The van der Waals surface area contributed by atoms with E-state index in [4.69, 9.17) is 4.42 Å². The molecule has 0 saturated heterocycles. The highest BCUT2D eigenvalue weighted by atomic mass is 32.2. The fraction of sp³-hybridized carbons (Fsp3) is 0.200. The molecule has 0 spiro atoms. The Hall–Kier alpha value is -2.35. The molecule has 0 aliphatic carbocycles. The molecule has 2 aromatic rings. The minimum Gasteiger partial charge on any atom is -0.467 e. The molecule has 0 aliphatic rings. The molecular weight excluding hydrogens is 326 g/mol. The molecule has 122 valence electrons. The Labute approximate surface area is 135 Å². The van der Waals surface area contributed by atoms with Crippen LogP contribution in [0.2, 0.25) is 0 Å². The predicted molar refractivity (Wildman–Crippen MR) is 80.6 cm³/mol.